The first-order chi connectivity index (χ1) is 17.2. The SMILES string of the molecule is CCOC(=O)c1c(-c2ccc(Br)cc2)csc1NC(=O)CCN1C(=O)c2cccc([N+](=O)[O-])c2C1=O. The molecule has 0 unspecified atom stereocenters. The molecule has 0 aliphatic carbocycles. The fraction of sp³-hybridized carbons (Fsp3) is 0.167. The summed E-state index contributed by atoms with van der Waals surface area (Å²) >= 11 is 4.52. The van der Waals surface area contributed by atoms with Crippen molar-refractivity contribution < 1.29 is 28.8 Å². The number of fused-ring (bicyclic) bond motifs is 1. The number of amides is 3. The van der Waals surface area contributed by atoms with Gasteiger partial charge in [-0.25, -0.2) is 4.79 Å². The predicted octanol–water partition coefficient (Wildman–Crippen LogP) is 4.89. The lowest BCUT2D eigenvalue weighted by atomic mass is 10.0. The van der Waals surface area contributed by atoms with Gasteiger partial charge in [-0.3, -0.25) is 29.4 Å². The van der Waals surface area contributed by atoms with E-state index in [1.807, 2.05) is 24.3 Å². The molecule has 0 saturated heterocycles. The lowest BCUT2D eigenvalue weighted by Crippen LogP contribution is -2.33. The second-order valence-electron chi connectivity index (χ2n) is 7.60. The van der Waals surface area contributed by atoms with Crippen molar-refractivity contribution in [3.8, 4) is 11.1 Å². The molecule has 3 amide bonds. The van der Waals surface area contributed by atoms with Gasteiger partial charge in [-0.15, -0.1) is 11.3 Å². The van der Waals surface area contributed by atoms with Gasteiger partial charge in [0.1, 0.15) is 16.1 Å². The molecule has 184 valence electrons. The van der Waals surface area contributed by atoms with Gasteiger partial charge in [0.15, 0.2) is 0 Å². The van der Waals surface area contributed by atoms with Gasteiger partial charge in [-0.2, -0.15) is 0 Å². The molecule has 0 atom stereocenters. The Morgan fingerprint density at radius 1 is 1.11 bits per heavy atom. The maximum atomic E-state index is 12.7. The van der Waals surface area contributed by atoms with Gasteiger partial charge in [0.05, 0.1) is 17.1 Å². The number of nitro benzene ring substituents is 1. The van der Waals surface area contributed by atoms with Gasteiger partial charge in [-0.1, -0.05) is 34.1 Å². The van der Waals surface area contributed by atoms with Crippen LogP contribution in [0, 0.1) is 10.1 Å². The van der Waals surface area contributed by atoms with E-state index in [9.17, 15) is 29.3 Å². The lowest BCUT2D eigenvalue weighted by molar-refractivity contribution is -0.385. The molecule has 0 bridgehead atoms. The molecule has 10 nitrogen and oxygen atoms in total. The molecule has 3 aromatic rings. The lowest BCUT2D eigenvalue weighted by Gasteiger charge is -2.13. The average molecular weight is 572 g/mol. The normalized spacial score (nSPS) is 12.4. The summed E-state index contributed by atoms with van der Waals surface area (Å²) in [5, 5.41) is 15.9. The molecule has 0 saturated carbocycles. The smallest absolute Gasteiger partial charge is 0.341 e. The molecule has 0 spiro atoms. The molecule has 12 heteroatoms. The van der Waals surface area contributed by atoms with Gasteiger partial charge >= 0.3 is 5.97 Å². The molecule has 2 heterocycles. The molecule has 1 aliphatic rings. The van der Waals surface area contributed by atoms with Crippen LogP contribution in [0.2, 0.25) is 0 Å². The topological polar surface area (TPSA) is 136 Å². The largest absolute Gasteiger partial charge is 0.462 e. The van der Waals surface area contributed by atoms with E-state index in [4.69, 9.17) is 4.74 Å². The van der Waals surface area contributed by atoms with Crippen LogP contribution in [0.3, 0.4) is 0 Å². The van der Waals surface area contributed by atoms with Crippen LogP contribution in [-0.2, 0) is 9.53 Å². The number of hydrogen-bond acceptors (Lipinski definition) is 8. The Bertz CT molecular complexity index is 1400. The highest BCUT2D eigenvalue weighted by atomic mass is 79.9. The summed E-state index contributed by atoms with van der Waals surface area (Å²) in [6.07, 6.45) is -0.271. The number of rotatable bonds is 8. The number of ether oxygens (including phenoxy) is 1. The molecular weight excluding hydrogens is 554 g/mol. The monoisotopic (exact) mass is 571 g/mol. The second kappa shape index (κ2) is 10.4. The van der Waals surface area contributed by atoms with Gasteiger partial charge < -0.3 is 10.1 Å². The zero-order chi connectivity index (χ0) is 26.0. The predicted molar refractivity (Wildman–Crippen MR) is 135 cm³/mol. The Labute approximate surface area is 217 Å². The third kappa shape index (κ3) is 4.77. The molecule has 0 fully saturated rings. The standard InChI is InChI=1S/C24H18BrN3O7S/c1-2-35-24(32)20-16(13-6-8-14(25)9-7-13)12-36-21(20)26-18(29)10-11-27-22(30)15-4-3-5-17(28(33)34)19(15)23(27)31/h3-9,12H,2,10-11H2,1H3,(H,26,29). The Balaban J connectivity index is 1.51. The minimum absolute atomic E-state index is 0.0726. The maximum Gasteiger partial charge on any atom is 0.341 e. The number of benzene rings is 2. The van der Waals surface area contributed by atoms with Crippen molar-refractivity contribution in [2.45, 2.75) is 13.3 Å². The first kappa shape index (κ1) is 25.2. The molecule has 1 aliphatic heterocycles. The van der Waals surface area contributed by atoms with Crippen molar-refractivity contribution in [2.75, 3.05) is 18.5 Å². The summed E-state index contributed by atoms with van der Waals surface area (Å²) in [5.74, 6) is -2.67. The zero-order valence-electron chi connectivity index (χ0n) is 18.8. The number of carbonyl (C=O) groups excluding carboxylic acids is 4. The zero-order valence-corrected chi connectivity index (χ0v) is 21.2. The van der Waals surface area contributed by atoms with Crippen LogP contribution in [0.5, 0.6) is 0 Å². The highest BCUT2D eigenvalue weighted by molar-refractivity contribution is 9.10. The third-order valence-corrected chi connectivity index (χ3v) is 6.84. The minimum Gasteiger partial charge on any atom is -0.462 e. The number of thiophene rings is 1. The molecule has 1 aromatic heterocycles. The molecule has 1 N–H and O–H groups in total. The van der Waals surface area contributed by atoms with Crippen molar-refractivity contribution in [1.82, 2.24) is 4.90 Å². The van der Waals surface area contributed by atoms with E-state index in [0.29, 0.717) is 5.56 Å². The number of esters is 1. The van der Waals surface area contributed by atoms with Crippen molar-refractivity contribution in [3.63, 3.8) is 0 Å². The second-order valence-corrected chi connectivity index (χ2v) is 9.39. The van der Waals surface area contributed by atoms with Crippen molar-refractivity contribution in [3.05, 3.63) is 79.1 Å². The van der Waals surface area contributed by atoms with E-state index < -0.39 is 34.3 Å². The summed E-state index contributed by atoms with van der Waals surface area (Å²) in [7, 11) is 0. The molecule has 2 aromatic carbocycles. The van der Waals surface area contributed by atoms with E-state index in [1.54, 1.807) is 12.3 Å². The third-order valence-electron chi connectivity index (χ3n) is 5.41. The van der Waals surface area contributed by atoms with Crippen LogP contribution in [0.15, 0.2) is 52.3 Å². The number of carbonyl (C=O) groups is 4. The highest BCUT2D eigenvalue weighted by Crippen LogP contribution is 2.37. The number of imide groups is 1. The van der Waals surface area contributed by atoms with Gasteiger partial charge in [0.25, 0.3) is 17.5 Å². The number of halogens is 1. The number of nitrogens with zero attached hydrogens (tertiary/aromatic N) is 2. The quantitative estimate of drug-likeness (QED) is 0.176. The van der Waals surface area contributed by atoms with Crippen LogP contribution >= 0.6 is 27.3 Å². The first-order valence-corrected chi connectivity index (χ1v) is 12.4. The number of anilines is 1. The van der Waals surface area contributed by atoms with Crippen molar-refractivity contribution >= 4 is 61.6 Å². The van der Waals surface area contributed by atoms with Crippen LogP contribution in [-0.4, -0.2) is 46.7 Å². The van der Waals surface area contributed by atoms with Crippen molar-refractivity contribution in [1.29, 1.82) is 0 Å². The van der Waals surface area contributed by atoms with E-state index in [1.165, 1.54) is 12.1 Å². The molecular formula is C24H18BrN3O7S. The summed E-state index contributed by atoms with van der Waals surface area (Å²) < 4.78 is 6.05. The molecule has 4 rings (SSSR count). The first-order valence-electron chi connectivity index (χ1n) is 10.7. The van der Waals surface area contributed by atoms with E-state index in [-0.39, 0.29) is 41.3 Å². The summed E-state index contributed by atoms with van der Waals surface area (Å²) in [5.41, 5.74) is 0.732. The number of hydrogen-bond donors (Lipinski definition) is 1. The maximum absolute atomic E-state index is 12.7. The Morgan fingerprint density at radius 3 is 2.50 bits per heavy atom. The summed E-state index contributed by atoms with van der Waals surface area (Å²) in [4.78, 5) is 62.1. The Morgan fingerprint density at radius 2 is 1.83 bits per heavy atom. The Hall–Kier alpha value is -3.90. The van der Waals surface area contributed by atoms with E-state index >= 15 is 0 Å². The van der Waals surface area contributed by atoms with Crippen LogP contribution in [0.1, 0.15) is 44.4 Å². The number of nitrogens with one attached hydrogen (secondary N) is 1. The highest BCUT2D eigenvalue weighted by Gasteiger charge is 2.40. The molecule has 36 heavy (non-hydrogen) atoms. The summed E-state index contributed by atoms with van der Waals surface area (Å²) in [6, 6.07) is 11.1. The Kier molecular flexibility index (Phi) is 7.27. The van der Waals surface area contributed by atoms with E-state index in [2.05, 4.69) is 21.2 Å². The van der Waals surface area contributed by atoms with Gasteiger partial charge in [-0.05, 0) is 30.7 Å². The average Bonchev–Trinajstić information content (AvgIpc) is 3.37. The van der Waals surface area contributed by atoms with Crippen molar-refractivity contribution in [2.24, 2.45) is 0 Å². The van der Waals surface area contributed by atoms with Gasteiger partial charge in [0, 0.05) is 34.4 Å². The number of nitro groups is 1. The van der Waals surface area contributed by atoms with E-state index in [0.717, 1.165) is 32.3 Å². The van der Waals surface area contributed by atoms with Crippen LogP contribution in [0.4, 0.5) is 10.7 Å². The fourth-order valence-corrected chi connectivity index (χ4v) is 5.01. The molecule has 0 radical (unpaired) electrons. The van der Waals surface area contributed by atoms with Crippen LogP contribution in [0.25, 0.3) is 11.1 Å². The van der Waals surface area contributed by atoms with Crippen LogP contribution < -0.4 is 5.32 Å². The summed E-state index contributed by atoms with van der Waals surface area (Å²) in [6.45, 7) is 1.54. The minimum atomic E-state index is -0.823. The fourth-order valence-electron chi connectivity index (χ4n) is 3.77. The van der Waals surface area contributed by atoms with Gasteiger partial charge in [0.2, 0.25) is 5.91 Å².